The molecule has 0 aliphatic carbocycles. The van der Waals surface area contributed by atoms with Crippen LogP contribution in [0.15, 0.2) is 87.8 Å². The molecule has 0 saturated carbocycles. The lowest BCUT2D eigenvalue weighted by Gasteiger charge is -2.24. The maximum absolute atomic E-state index is 13.9. The normalized spacial score (nSPS) is 15.0. The molecule has 10 heteroatoms. The molecule has 1 aliphatic rings. The fourth-order valence-electron chi connectivity index (χ4n) is 4.44. The van der Waals surface area contributed by atoms with Gasteiger partial charge in [0.25, 0.3) is 5.56 Å². The molecule has 0 bridgehead atoms. The predicted octanol–water partition coefficient (Wildman–Crippen LogP) is 6.34. The number of hydrogen-bond donors (Lipinski definition) is 0. The van der Waals surface area contributed by atoms with Gasteiger partial charge in [-0.3, -0.25) is 9.36 Å². The van der Waals surface area contributed by atoms with E-state index in [1.165, 1.54) is 15.9 Å². The molecule has 0 fully saturated rings. The summed E-state index contributed by atoms with van der Waals surface area (Å²) in [4.78, 5) is 32.0. The Morgan fingerprint density at radius 1 is 1.02 bits per heavy atom. The Labute approximate surface area is 249 Å². The summed E-state index contributed by atoms with van der Waals surface area (Å²) in [5, 5.41) is 1.65. The third kappa shape index (κ3) is 5.88. The Bertz CT molecular complexity index is 1810. The van der Waals surface area contributed by atoms with E-state index in [2.05, 4.69) is 4.99 Å². The smallest absolute Gasteiger partial charge is 0.338 e. The van der Waals surface area contributed by atoms with Crippen LogP contribution in [-0.4, -0.2) is 17.1 Å². The van der Waals surface area contributed by atoms with Crippen LogP contribution >= 0.6 is 46.1 Å². The van der Waals surface area contributed by atoms with E-state index in [1.807, 2.05) is 18.2 Å². The summed E-state index contributed by atoms with van der Waals surface area (Å²) in [5.74, 6) is 0.0254. The van der Waals surface area contributed by atoms with Crippen molar-refractivity contribution in [3.05, 3.63) is 129 Å². The van der Waals surface area contributed by atoms with Crippen LogP contribution in [0.4, 0.5) is 0 Å². The molecule has 0 spiro atoms. The molecule has 0 N–H and O–H groups in total. The maximum atomic E-state index is 13.9. The summed E-state index contributed by atoms with van der Waals surface area (Å²) in [6.07, 6.45) is 1.73. The van der Waals surface area contributed by atoms with Crippen LogP contribution in [0.5, 0.6) is 5.75 Å². The summed E-state index contributed by atoms with van der Waals surface area (Å²) in [5.41, 5.74) is 2.72. The largest absolute Gasteiger partial charge is 0.488 e. The molecular formula is C30H23Cl3N2O4S. The molecule has 0 saturated heterocycles. The number of rotatable bonds is 7. The van der Waals surface area contributed by atoms with Gasteiger partial charge in [-0.15, -0.1) is 0 Å². The summed E-state index contributed by atoms with van der Waals surface area (Å²) in [7, 11) is 0. The highest BCUT2D eigenvalue weighted by atomic mass is 35.5. The van der Waals surface area contributed by atoms with Crippen LogP contribution in [0.1, 0.15) is 36.6 Å². The van der Waals surface area contributed by atoms with Gasteiger partial charge in [-0.25, -0.2) is 9.79 Å². The van der Waals surface area contributed by atoms with Gasteiger partial charge in [-0.1, -0.05) is 70.4 Å². The zero-order valence-corrected chi connectivity index (χ0v) is 24.6. The van der Waals surface area contributed by atoms with E-state index in [0.29, 0.717) is 52.5 Å². The number of ether oxygens (including phenoxy) is 2. The van der Waals surface area contributed by atoms with E-state index in [0.717, 1.165) is 5.56 Å². The maximum Gasteiger partial charge on any atom is 0.338 e. The van der Waals surface area contributed by atoms with E-state index in [-0.39, 0.29) is 18.8 Å². The average molecular weight is 614 g/mol. The van der Waals surface area contributed by atoms with Gasteiger partial charge in [-0.2, -0.15) is 0 Å². The minimum absolute atomic E-state index is 0.195. The summed E-state index contributed by atoms with van der Waals surface area (Å²) < 4.78 is 13.4. The number of hydrogen-bond acceptors (Lipinski definition) is 6. The first-order valence-electron chi connectivity index (χ1n) is 12.4. The van der Waals surface area contributed by atoms with Gasteiger partial charge in [0.1, 0.15) is 12.4 Å². The molecule has 1 aromatic heterocycles. The standard InChI is InChI=1S/C30H23Cl3N2O4S/c1-3-38-29(37)26-17(2)34-30-35(27(26)19-7-9-21(31)10-8-19)28(36)25(40-30)15-20-14-23(33)11-12-24(20)39-16-18-5-4-6-22(32)13-18/h4-15,27H,3,16H2,1-2H3/b25-15-/t27-/m1/s1. The van der Waals surface area contributed by atoms with Crippen molar-refractivity contribution < 1.29 is 14.3 Å². The van der Waals surface area contributed by atoms with Gasteiger partial charge in [0, 0.05) is 20.6 Å². The number of esters is 1. The number of allylic oxidation sites excluding steroid dienone is 1. The first-order chi connectivity index (χ1) is 19.2. The molecule has 4 aromatic rings. The monoisotopic (exact) mass is 612 g/mol. The van der Waals surface area contributed by atoms with Crippen LogP contribution in [0, 0.1) is 0 Å². The average Bonchev–Trinajstić information content (AvgIpc) is 3.22. The fraction of sp³-hybridized carbons (Fsp3) is 0.167. The van der Waals surface area contributed by atoms with Gasteiger partial charge in [0.2, 0.25) is 0 Å². The van der Waals surface area contributed by atoms with E-state index < -0.39 is 12.0 Å². The zero-order valence-electron chi connectivity index (χ0n) is 21.5. The number of carbonyl (C=O) groups is 1. The van der Waals surface area contributed by atoms with Gasteiger partial charge < -0.3 is 9.47 Å². The number of fused-ring (bicyclic) bond motifs is 1. The van der Waals surface area contributed by atoms with Crippen LogP contribution in [0.3, 0.4) is 0 Å². The Kier molecular flexibility index (Phi) is 8.47. The predicted molar refractivity (Wildman–Crippen MR) is 159 cm³/mol. The number of thiazole rings is 1. The van der Waals surface area contributed by atoms with E-state index in [9.17, 15) is 9.59 Å². The molecule has 1 atom stereocenters. The van der Waals surface area contributed by atoms with E-state index >= 15 is 0 Å². The Morgan fingerprint density at radius 2 is 1.75 bits per heavy atom. The first-order valence-corrected chi connectivity index (χ1v) is 14.3. The first kappa shape index (κ1) is 28.2. The van der Waals surface area contributed by atoms with Crippen molar-refractivity contribution in [1.82, 2.24) is 4.57 Å². The molecular weight excluding hydrogens is 591 g/mol. The van der Waals surface area contributed by atoms with Crippen molar-refractivity contribution in [2.75, 3.05) is 6.61 Å². The van der Waals surface area contributed by atoms with Crippen molar-refractivity contribution in [3.8, 4) is 5.75 Å². The molecule has 0 radical (unpaired) electrons. The lowest BCUT2D eigenvalue weighted by Crippen LogP contribution is -2.39. The van der Waals surface area contributed by atoms with Crippen LogP contribution in [0.25, 0.3) is 6.08 Å². The van der Waals surface area contributed by atoms with Crippen molar-refractivity contribution in [1.29, 1.82) is 0 Å². The Balaban J connectivity index is 1.62. The third-order valence-corrected chi connectivity index (χ3v) is 7.95. The molecule has 204 valence electrons. The molecule has 0 amide bonds. The van der Waals surface area contributed by atoms with Crippen molar-refractivity contribution >= 4 is 58.2 Å². The van der Waals surface area contributed by atoms with Gasteiger partial charge in [0.15, 0.2) is 4.80 Å². The molecule has 5 rings (SSSR count). The van der Waals surface area contributed by atoms with Crippen LogP contribution in [0.2, 0.25) is 15.1 Å². The fourth-order valence-corrected chi connectivity index (χ4v) is 6.00. The number of nitrogens with zero attached hydrogens (tertiary/aromatic N) is 2. The highest BCUT2D eigenvalue weighted by Gasteiger charge is 2.33. The number of benzene rings is 3. The second kappa shape index (κ2) is 12.0. The minimum Gasteiger partial charge on any atom is -0.488 e. The quantitative estimate of drug-likeness (QED) is 0.228. The van der Waals surface area contributed by atoms with E-state index in [4.69, 9.17) is 44.3 Å². The third-order valence-electron chi connectivity index (χ3n) is 6.24. The van der Waals surface area contributed by atoms with Crippen molar-refractivity contribution in [2.45, 2.75) is 26.5 Å². The number of aromatic nitrogens is 1. The zero-order chi connectivity index (χ0) is 28.4. The summed E-state index contributed by atoms with van der Waals surface area (Å²) in [6.45, 7) is 3.95. The topological polar surface area (TPSA) is 69.9 Å². The molecule has 2 heterocycles. The molecule has 1 aliphatic heterocycles. The minimum atomic E-state index is -0.729. The lowest BCUT2D eigenvalue weighted by molar-refractivity contribution is -0.139. The highest BCUT2D eigenvalue weighted by Crippen LogP contribution is 2.31. The number of carbonyl (C=O) groups excluding carboxylic acids is 1. The SMILES string of the molecule is CCOC(=O)C1=C(C)N=c2s/c(=C\c3cc(Cl)ccc3OCc3cccc(Cl)c3)c(=O)n2[C@@H]1c1ccc(Cl)cc1. The second-order valence-corrected chi connectivity index (χ2v) is 11.3. The summed E-state index contributed by atoms with van der Waals surface area (Å²) in [6, 6.07) is 18.9. The lowest BCUT2D eigenvalue weighted by atomic mass is 9.96. The Morgan fingerprint density at radius 3 is 2.48 bits per heavy atom. The highest BCUT2D eigenvalue weighted by molar-refractivity contribution is 7.07. The van der Waals surface area contributed by atoms with Gasteiger partial charge >= 0.3 is 5.97 Å². The van der Waals surface area contributed by atoms with Crippen LogP contribution in [-0.2, 0) is 16.1 Å². The molecule has 0 unspecified atom stereocenters. The summed E-state index contributed by atoms with van der Waals surface area (Å²) >= 11 is 19.8. The molecule has 40 heavy (non-hydrogen) atoms. The van der Waals surface area contributed by atoms with Crippen molar-refractivity contribution in [3.63, 3.8) is 0 Å². The molecule has 3 aromatic carbocycles. The second-order valence-electron chi connectivity index (χ2n) is 8.95. The van der Waals surface area contributed by atoms with E-state index in [1.54, 1.807) is 68.5 Å². The van der Waals surface area contributed by atoms with Gasteiger partial charge in [0.05, 0.1) is 28.5 Å². The van der Waals surface area contributed by atoms with Crippen molar-refractivity contribution in [2.24, 2.45) is 4.99 Å². The van der Waals surface area contributed by atoms with Gasteiger partial charge in [-0.05, 0) is 73.5 Å². The molecule has 6 nitrogen and oxygen atoms in total. The Hall–Kier alpha value is -3.36. The number of halogens is 3. The van der Waals surface area contributed by atoms with Crippen LogP contribution < -0.4 is 19.6 Å².